The van der Waals surface area contributed by atoms with Crippen LogP contribution in [-0.4, -0.2) is 37.9 Å². The lowest BCUT2D eigenvalue weighted by molar-refractivity contribution is 0.0527. The smallest absolute Gasteiger partial charge is 0.407 e. The number of ether oxygens (including phenoxy) is 2. The van der Waals surface area contributed by atoms with E-state index in [2.05, 4.69) is 5.32 Å². The normalized spacial score (nSPS) is 11.0. The summed E-state index contributed by atoms with van der Waals surface area (Å²) in [6.07, 6.45) is 0.221. The van der Waals surface area contributed by atoms with Gasteiger partial charge in [-0.2, -0.15) is 5.26 Å². The molecule has 0 saturated heterocycles. The molecule has 0 aliphatic heterocycles. The van der Waals surface area contributed by atoms with Gasteiger partial charge >= 0.3 is 6.09 Å². The van der Waals surface area contributed by atoms with Crippen LogP contribution in [0.1, 0.15) is 40.5 Å². The number of nitrogens with one attached hydrogen (secondary N) is 1. The Morgan fingerprint density at radius 1 is 1.24 bits per heavy atom. The molecule has 1 rings (SSSR count). The molecule has 0 saturated carbocycles. The Morgan fingerprint density at radius 3 is 2.48 bits per heavy atom. The molecule has 138 valence electrons. The molecule has 1 aromatic rings. The molecular formula is C17H25N3O5. The number of anilines is 1. The maximum atomic E-state index is 11.8. The minimum atomic E-state index is -0.634. The fourth-order valence-corrected chi connectivity index (χ4v) is 2.22. The first-order chi connectivity index (χ1) is 11.7. The van der Waals surface area contributed by atoms with Crippen LogP contribution in [0.15, 0.2) is 9.59 Å². The van der Waals surface area contributed by atoms with Gasteiger partial charge < -0.3 is 19.7 Å². The standard InChI is InChI=1S/C17H25N3O5/c1-5-24-15-12(13(21)14(15)22)20(10-6-8-18)11-7-9-19-16(23)25-17(2,3)4/h5-7,9-11H2,1-4H3,(H,19,23). The number of carbonyl (C=O) groups is 1. The predicted molar refractivity (Wildman–Crippen MR) is 93.8 cm³/mol. The van der Waals surface area contributed by atoms with Crippen molar-refractivity contribution in [2.75, 3.05) is 31.1 Å². The molecule has 0 atom stereocenters. The highest BCUT2D eigenvalue weighted by Crippen LogP contribution is 2.23. The fraction of sp³-hybridized carbons (Fsp3) is 0.647. The number of nitrogens with zero attached hydrogens (tertiary/aromatic N) is 2. The van der Waals surface area contributed by atoms with Crippen molar-refractivity contribution in [3.8, 4) is 11.8 Å². The summed E-state index contributed by atoms with van der Waals surface area (Å²) in [5, 5.41) is 11.4. The van der Waals surface area contributed by atoms with Crippen molar-refractivity contribution in [2.24, 2.45) is 0 Å². The molecule has 0 aliphatic carbocycles. The molecule has 0 aromatic heterocycles. The molecule has 8 heteroatoms. The molecular weight excluding hydrogens is 326 g/mol. The van der Waals surface area contributed by atoms with E-state index in [-0.39, 0.29) is 24.5 Å². The van der Waals surface area contributed by atoms with Crippen molar-refractivity contribution in [3.05, 3.63) is 20.4 Å². The zero-order valence-electron chi connectivity index (χ0n) is 15.2. The van der Waals surface area contributed by atoms with Crippen LogP contribution in [0.2, 0.25) is 0 Å². The third-order valence-corrected chi connectivity index (χ3v) is 3.21. The van der Waals surface area contributed by atoms with Crippen molar-refractivity contribution in [1.82, 2.24) is 5.32 Å². The molecule has 0 unspecified atom stereocenters. The molecule has 0 spiro atoms. The Labute approximate surface area is 147 Å². The topological polar surface area (TPSA) is 109 Å². The van der Waals surface area contributed by atoms with Crippen LogP contribution >= 0.6 is 0 Å². The number of nitriles is 1. The first-order valence-electron chi connectivity index (χ1n) is 8.26. The van der Waals surface area contributed by atoms with Crippen molar-refractivity contribution in [2.45, 2.75) is 46.1 Å². The van der Waals surface area contributed by atoms with Gasteiger partial charge in [-0.05, 0) is 34.1 Å². The molecule has 1 N–H and O–H groups in total. The zero-order chi connectivity index (χ0) is 19.0. The van der Waals surface area contributed by atoms with E-state index in [0.717, 1.165) is 0 Å². The Morgan fingerprint density at radius 2 is 1.92 bits per heavy atom. The Bertz CT molecular complexity index is 692. The molecule has 25 heavy (non-hydrogen) atoms. The van der Waals surface area contributed by atoms with E-state index >= 15 is 0 Å². The maximum absolute atomic E-state index is 11.8. The van der Waals surface area contributed by atoms with E-state index in [9.17, 15) is 14.4 Å². The third kappa shape index (κ3) is 6.10. The molecule has 0 aliphatic rings. The second-order valence-electron chi connectivity index (χ2n) is 6.45. The zero-order valence-corrected chi connectivity index (χ0v) is 15.2. The molecule has 0 heterocycles. The van der Waals surface area contributed by atoms with Crippen molar-refractivity contribution < 1.29 is 14.3 Å². The molecule has 0 bridgehead atoms. The van der Waals surface area contributed by atoms with Gasteiger partial charge in [0.2, 0.25) is 0 Å². The summed E-state index contributed by atoms with van der Waals surface area (Å²) in [6.45, 7) is 8.40. The molecule has 1 aromatic carbocycles. The van der Waals surface area contributed by atoms with E-state index < -0.39 is 22.6 Å². The van der Waals surface area contributed by atoms with Gasteiger partial charge in [-0.25, -0.2) is 4.79 Å². The molecule has 0 radical (unpaired) electrons. The van der Waals surface area contributed by atoms with Gasteiger partial charge in [0.25, 0.3) is 10.9 Å². The summed E-state index contributed by atoms with van der Waals surface area (Å²) < 4.78 is 10.4. The second kappa shape index (κ2) is 9.06. The van der Waals surface area contributed by atoms with Crippen LogP contribution in [0.5, 0.6) is 5.75 Å². The summed E-state index contributed by atoms with van der Waals surface area (Å²) in [5.74, 6) is 0.0607. The van der Waals surface area contributed by atoms with Crippen LogP contribution in [0.25, 0.3) is 0 Å². The van der Waals surface area contributed by atoms with Crippen LogP contribution in [0, 0.1) is 11.3 Å². The summed E-state index contributed by atoms with van der Waals surface area (Å²) in [6, 6.07) is 2.02. The van der Waals surface area contributed by atoms with Crippen molar-refractivity contribution >= 4 is 11.8 Å². The number of hydrogen-bond acceptors (Lipinski definition) is 7. The number of carbonyl (C=O) groups excluding carboxylic acids is 1. The molecule has 0 fully saturated rings. The highest BCUT2D eigenvalue weighted by Gasteiger charge is 2.27. The largest absolute Gasteiger partial charge is 0.488 e. The van der Waals surface area contributed by atoms with E-state index in [0.29, 0.717) is 26.1 Å². The quantitative estimate of drug-likeness (QED) is 0.528. The third-order valence-electron chi connectivity index (χ3n) is 3.21. The monoisotopic (exact) mass is 351 g/mol. The Hall–Kier alpha value is -2.56. The average Bonchev–Trinajstić information content (AvgIpc) is 2.53. The fourth-order valence-electron chi connectivity index (χ4n) is 2.22. The summed E-state index contributed by atoms with van der Waals surface area (Å²) in [5.41, 5.74) is -1.58. The first kappa shape index (κ1) is 20.5. The first-order valence-corrected chi connectivity index (χ1v) is 8.26. The van der Waals surface area contributed by atoms with Gasteiger partial charge in [0, 0.05) is 19.6 Å². The summed E-state index contributed by atoms with van der Waals surface area (Å²) >= 11 is 0. The molecule has 8 nitrogen and oxygen atoms in total. The van der Waals surface area contributed by atoms with Gasteiger partial charge in [0.05, 0.1) is 19.1 Å². The summed E-state index contributed by atoms with van der Waals surface area (Å²) in [7, 11) is 0. The van der Waals surface area contributed by atoms with Crippen LogP contribution in [0.3, 0.4) is 0 Å². The Balaban J connectivity index is 2.62. The van der Waals surface area contributed by atoms with Crippen LogP contribution in [-0.2, 0) is 4.74 Å². The van der Waals surface area contributed by atoms with Gasteiger partial charge in [0.15, 0.2) is 5.75 Å². The van der Waals surface area contributed by atoms with E-state index in [1.807, 2.05) is 6.07 Å². The van der Waals surface area contributed by atoms with E-state index in [1.54, 1.807) is 32.6 Å². The van der Waals surface area contributed by atoms with Gasteiger partial charge in [0.1, 0.15) is 11.3 Å². The number of rotatable bonds is 9. The highest BCUT2D eigenvalue weighted by atomic mass is 16.6. The van der Waals surface area contributed by atoms with Gasteiger partial charge in [-0.15, -0.1) is 0 Å². The van der Waals surface area contributed by atoms with Crippen LogP contribution in [0.4, 0.5) is 10.5 Å². The minimum absolute atomic E-state index is 0.0607. The predicted octanol–water partition coefficient (Wildman–Crippen LogP) is 1.32. The molecule has 1 amide bonds. The van der Waals surface area contributed by atoms with Crippen molar-refractivity contribution in [1.29, 1.82) is 5.26 Å². The SMILES string of the molecule is CCOc1c(N(CCC#N)CCCNC(=O)OC(C)(C)C)c(=O)c1=O. The maximum Gasteiger partial charge on any atom is 0.407 e. The number of alkyl carbamates (subject to hydrolysis) is 1. The number of amides is 1. The lowest BCUT2D eigenvalue weighted by Crippen LogP contribution is -2.43. The minimum Gasteiger partial charge on any atom is -0.488 e. The second-order valence-corrected chi connectivity index (χ2v) is 6.45. The van der Waals surface area contributed by atoms with Crippen molar-refractivity contribution in [3.63, 3.8) is 0 Å². The number of hydrogen-bond donors (Lipinski definition) is 1. The highest BCUT2D eigenvalue weighted by molar-refractivity contribution is 5.67. The van der Waals surface area contributed by atoms with Gasteiger partial charge in [-0.1, -0.05) is 0 Å². The lowest BCUT2D eigenvalue weighted by Gasteiger charge is -2.26. The van der Waals surface area contributed by atoms with Crippen LogP contribution < -0.4 is 25.8 Å². The van der Waals surface area contributed by atoms with Gasteiger partial charge in [-0.3, -0.25) is 9.59 Å². The lowest BCUT2D eigenvalue weighted by atomic mass is 10.1. The van der Waals surface area contributed by atoms with E-state index in [1.165, 1.54) is 0 Å². The Kier molecular flexibility index (Phi) is 7.43. The van der Waals surface area contributed by atoms with E-state index in [4.69, 9.17) is 14.7 Å². The average molecular weight is 351 g/mol. The summed E-state index contributed by atoms with van der Waals surface area (Å²) in [4.78, 5) is 36.7.